The molecule has 0 unspecified atom stereocenters. The topological polar surface area (TPSA) is 99.1 Å². The fourth-order valence-corrected chi connectivity index (χ4v) is 2.96. The number of rotatable bonds is 3. The highest BCUT2D eigenvalue weighted by Crippen LogP contribution is 2.28. The largest absolute Gasteiger partial charge is 0.510 e. The third-order valence-corrected chi connectivity index (χ3v) is 4.22. The number of hydrogen-bond acceptors (Lipinski definition) is 7. The van der Waals surface area contributed by atoms with E-state index in [1.165, 1.54) is 16.9 Å². The molecular weight excluding hydrogens is 373 g/mol. The van der Waals surface area contributed by atoms with Crippen LogP contribution in [0.15, 0.2) is 30.2 Å². The molecule has 0 aliphatic carbocycles. The number of alkyl halides is 1. The number of pyridine rings is 1. The first-order chi connectivity index (χ1) is 13.5. The molecule has 28 heavy (non-hydrogen) atoms. The summed E-state index contributed by atoms with van der Waals surface area (Å²) in [4.78, 5) is 37.5. The Morgan fingerprint density at radius 3 is 2.68 bits per heavy atom. The van der Waals surface area contributed by atoms with E-state index in [9.17, 15) is 18.8 Å². The number of halogens is 1. The van der Waals surface area contributed by atoms with Crippen molar-refractivity contribution in [1.82, 2.24) is 9.58 Å². The van der Waals surface area contributed by atoms with Crippen LogP contribution in [-0.2, 0) is 9.47 Å². The van der Waals surface area contributed by atoms with E-state index in [1.807, 2.05) is 0 Å². The van der Waals surface area contributed by atoms with Crippen molar-refractivity contribution in [3.63, 3.8) is 0 Å². The smallest absolute Gasteiger partial charge is 0.451 e. The van der Waals surface area contributed by atoms with Gasteiger partial charge in [-0.25, -0.2) is 4.79 Å². The summed E-state index contributed by atoms with van der Waals surface area (Å²) in [6, 6.07) is 1.29. The van der Waals surface area contributed by atoms with Gasteiger partial charge in [-0.05, 0) is 18.8 Å². The molecule has 1 aromatic rings. The first-order valence-electron chi connectivity index (χ1n) is 8.55. The Morgan fingerprint density at radius 2 is 2.04 bits per heavy atom. The molecule has 1 saturated heterocycles. The molecule has 1 fully saturated rings. The van der Waals surface area contributed by atoms with Crippen molar-refractivity contribution in [3.05, 3.63) is 41.3 Å². The number of methoxy groups -OCH3 is 1. The third kappa shape index (κ3) is 5.02. The fourth-order valence-electron chi connectivity index (χ4n) is 2.96. The Hall–Kier alpha value is -3.04. The molecule has 156 valence electrons. The molecule has 3 heterocycles. The molecule has 0 radical (unpaired) electrons. The molecular formula is C18H26FN3O6. The second kappa shape index (κ2) is 11.0. The zero-order valence-electron chi connectivity index (χ0n) is 16.3. The van der Waals surface area contributed by atoms with Gasteiger partial charge in [0, 0.05) is 18.8 Å². The van der Waals surface area contributed by atoms with Gasteiger partial charge >= 0.3 is 6.16 Å². The van der Waals surface area contributed by atoms with Crippen LogP contribution in [0.5, 0.6) is 5.75 Å². The molecule has 0 saturated carbocycles. The minimum absolute atomic E-state index is 0.0989. The van der Waals surface area contributed by atoms with E-state index >= 15 is 0 Å². The predicted octanol–water partition coefficient (Wildman–Crippen LogP) is 2.11. The molecule has 0 bridgehead atoms. The Balaban J connectivity index is 0.000000921. The summed E-state index contributed by atoms with van der Waals surface area (Å²) in [6.07, 6.45) is 2.19. The summed E-state index contributed by atoms with van der Waals surface area (Å²) in [5.74, 6) is 0.0732. The number of nitrogens with one attached hydrogen (secondary N) is 1. The lowest BCUT2D eigenvalue weighted by atomic mass is 9.95. The zero-order chi connectivity index (χ0) is 21.3. The van der Waals surface area contributed by atoms with Gasteiger partial charge in [-0.3, -0.25) is 18.7 Å². The summed E-state index contributed by atoms with van der Waals surface area (Å²) in [5.41, 5.74) is 2.84. The van der Waals surface area contributed by atoms with Gasteiger partial charge in [0.2, 0.25) is 18.0 Å². The fraction of sp³-hybridized carbons (Fsp3) is 0.500. The quantitative estimate of drug-likeness (QED) is 0.472. The van der Waals surface area contributed by atoms with Crippen LogP contribution >= 0.6 is 0 Å². The highest BCUT2D eigenvalue weighted by molar-refractivity contribution is 5.96. The Labute approximate surface area is 162 Å². The van der Waals surface area contributed by atoms with Crippen molar-refractivity contribution >= 4 is 12.1 Å². The predicted molar refractivity (Wildman–Crippen MR) is 101 cm³/mol. The molecule has 2 aliphatic heterocycles. The molecule has 2 aliphatic rings. The summed E-state index contributed by atoms with van der Waals surface area (Å²) in [6.45, 7) is 8.23. The lowest BCUT2D eigenvalue weighted by Gasteiger charge is -2.43. The minimum atomic E-state index is -0.936. The van der Waals surface area contributed by atoms with E-state index < -0.39 is 18.4 Å². The number of ether oxygens (including phenoxy) is 3. The second-order valence-electron chi connectivity index (χ2n) is 5.86. The van der Waals surface area contributed by atoms with Crippen LogP contribution in [0.2, 0.25) is 0 Å². The van der Waals surface area contributed by atoms with Crippen LogP contribution in [0.4, 0.5) is 9.18 Å². The first-order valence-corrected chi connectivity index (χ1v) is 8.55. The number of fused-ring (bicyclic) bond motifs is 2. The zero-order valence-corrected chi connectivity index (χ0v) is 16.3. The van der Waals surface area contributed by atoms with Crippen molar-refractivity contribution in [1.29, 1.82) is 0 Å². The van der Waals surface area contributed by atoms with E-state index in [-0.39, 0.29) is 23.5 Å². The van der Waals surface area contributed by atoms with Crippen molar-refractivity contribution in [2.24, 2.45) is 5.92 Å². The number of nitrogens with zero attached hydrogens (tertiary/aromatic N) is 2. The summed E-state index contributed by atoms with van der Waals surface area (Å²) >= 11 is 0. The van der Waals surface area contributed by atoms with Crippen LogP contribution in [0.25, 0.3) is 0 Å². The number of piperidine rings is 1. The molecule has 9 nitrogen and oxygen atoms in total. The highest BCUT2D eigenvalue weighted by Gasteiger charge is 2.38. The molecule has 0 aromatic carbocycles. The minimum Gasteiger partial charge on any atom is -0.451 e. The van der Waals surface area contributed by atoms with Gasteiger partial charge in [-0.15, -0.1) is 13.2 Å². The summed E-state index contributed by atoms with van der Waals surface area (Å²) in [5, 5.41) is 0. The summed E-state index contributed by atoms with van der Waals surface area (Å²) in [7, 11) is 1.66. The molecule has 1 amide bonds. The molecule has 3 rings (SSSR count). The van der Waals surface area contributed by atoms with Crippen LogP contribution in [0.3, 0.4) is 0 Å². The van der Waals surface area contributed by atoms with Crippen molar-refractivity contribution < 1.29 is 28.2 Å². The molecule has 0 spiro atoms. The van der Waals surface area contributed by atoms with Gasteiger partial charge < -0.3 is 24.5 Å². The molecule has 1 N–H and O–H groups in total. The maximum Gasteiger partial charge on any atom is 0.510 e. The first kappa shape index (κ1) is 23.0. The Kier molecular flexibility index (Phi) is 9.00. The molecule has 10 heteroatoms. The number of amides is 1. The Morgan fingerprint density at radius 1 is 1.36 bits per heavy atom. The molecule has 2 atom stereocenters. The average molecular weight is 399 g/mol. The standard InChI is InChI=1S/C15H19N3O6.C2H4.CH3F/c1-9-3-5-17-11(7-9)16-18-6-4-10(19)13(12(18)14(17)20)23-8-24-15(21)22-2;2*1-2/h4,6,9,11,16H,3,5,7-8H2,1-2H3;1-2H2;1H3/t9-,11+;;/m1../s1. The van der Waals surface area contributed by atoms with Crippen LogP contribution < -0.4 is 15.6 Å². The highest BCUT2D eigenvalue weighted by atomic mass is 19.1. The number of carbonyl (C=O) groups excluding carboxylic acids is 2. The molecule has 1 aromatic heterocycles. The lowest BCUT2D eigenvalue weighted by Crippen LogP contribution is -2.57. The third-order valence-electron chi connectivity index (χ3n) is 4.22. The normalized spacial score (nSPS) is 19.3. The second-order valence-corrected chi connectivity index (χ2v) is 5.86. The van der Waals surface area contributed by atoms with Gasteiger partial charge in [0.25, 0.3) is 5.91 Å². The van der Waals surface area contributed by atoms with Gasteiger partial charge in [-0.2, -0.15) is 0 Å². The van der Waals surface area contributed by atoms with Crippen molar-refractivity contribution in [2.75, 3.05) is 33.1 Å². The number of aromatic nitrogens is 1. The van der Waals surface area contributed by atoms with Crippen LogP contribution in [0.1, 0.15) is 30.3 Å². The van der Waals surface area contributed by atoms with Crippen LogP contribution in [0, 0.1) is 5.92 Å². The van der Waals surface area contributed by atoms with Gasteiger partial charge in [-0.1, -0.05) is 6.92 Å². The van der Waals surface area contributed by atoms with E-state index in [4.69, 9.17) is 4.74 Å². The summed E-state index contributed by atoms with van der Waals surface area (Å²) < 4.78 is 25.2. The maximum atomic E-state index is 12.8. The average Bonchev–Trinajstić information content (AvgIpc) is 2.72. The number of carbonyl (C=O) groups is 2. The Bertz CT molecular complexity index is 739. The van der Waals surface area contributed by atoms with Gasteiger partial charge in [0.1, 0.15) is 6.17 Å². The van der Waals surface area contributed by atoms with Crippen LogP contribution in [-0.4, -0.2) is 55.4 Å². The van der Waals surface area contributed by atoms with E-state index in [1.54, 1.807) is 4.90 Å². The lowest BCUT2D eigenvalue weighted by molar-refractivity contribution is 0.0131. The van der Waals surface area contributed by atoms with E-state index in [0.717, 1.165) is 20.0 Å². The van der Waals surface area contributed by atoms with Gasteiger partial charge in [0.05, 0.1) is 14.3 Å². The van der Waals surface area contributed by atoms with Crippen molar-refractivity contribution in [2.45, 2.75) is 25.9 Å². The van der Waals surface area contributed by atoms with Crippen molar-refractivity contribution in [3.8, 4) is 5.75 Å². The van der Waals surface area contributed by atoms with Gasteiger partial charge in [0.15, 0.2) is 5.69 Å². The number of hydrogen-bond donors (Lipinski definition) is 1. The van der Waals surface area contributed by atoms with E-state index in [0.29, 0.717) is 19.6 Å². The van der Waals surface area contributed by atoms with E-state index in [2.05, 4.69) is 35.0 Å². The SMILES string of the molecule is C=C.CF.COC(=O)OCOc1c2n(ccc1=O)N[C@@H]1C[C@H](C)CCN1C2=O. The maximum absolute atomic E-state index is 12.8. The monoisotopic (exact) mass is 399 g/mol.